The van der Waals surface area contributed by atoms with Gasteiger partial charge in [-0.25, -0.2) is 0 Å². The molecule has 0 unspecified atom stereocenters. The number of hydrogen-bond acceptors (Lipinski definition) is 4. The van der Waals surface area contributed by atoms with Crippen LogP contribution >= 0.6 is 24.0 Å². The molecule has 0 bridgehead atoms. The highest BCUT2D eigenvalue weighted by atomic mass is 127. The number of hydrogen-bond donors (Lipinski definition) is 2. The number of nitrogens with zero attached hydrogens (tertiary/aromatic N) is 3. The Balaban J connectivity index is 0.00000341. The highest BCUT2D eigenvalue weighted by Crippen LogP contribution is 2.23. The molecule has 3 rings (SSSR count). The summed E-state index contributed by atoms with van der Waals surface area (Å²) in [4.78, 5) is 8.78. The van der Waals surface area contributed by atoms with Crippen LogP contribution in [0.5, 0.6) is 0 Å². The van der Waals surface area contributed by atoms with Crippen LogP contribution in [0.15, 0.2) is 70.2 Å². The summed E-state index contributed by atoms with van der Waals surface area (Å²) in [7, 11) is 1.79. The zero-order chi connectivity index (χ0) is 21.2. The summed E-state index contributed by atoms with van der Waals surface area (Å²) in [6.45, 7) is 5.66. The van der Waals surface area contributed by atoms with Crippen LogP contribution in [0.1, 0.15) is 54.9 Å². The molecule has 0 saturated heterocycles. The summed E-state index contributed by atoms with van der Waals surface area (Å²) in [6, 6.07) is 21.1. The minimum atomic E-state index is 0. The summed E-state index contributed by atoms with van der Waals surface area (Å²) in [5.41, 5.74) is 2.56. The maximum Gasteiger partial charge on any atom is 0.226 e. The van der Waals surface area contributed by atoms with Gasteiger partial charge < -0.3 is 15.2 Å². The van der Waals surface area contributed by atoms with E-state index >= 15 is 0 Å². The van der Waals surface area contributed by atoms with Gasteiger partial charge in [-0.2, -0.15) is 4.98 Å². The molecule has 166 valence electrons. The Kier molecular flexibility index (Phi) is 10.5. The molecular formula is C24H32IN5O. The molecule has 2 aromatic carbocycles. The van der Waals surface area contributed by atoms with E-state index in [-0.39, 0.29) is 35.8 Å². The molecule has 3 aromatic rings. The summed E-state index contributed by atoms with van der Waals surface area (Å²) < 4.78 is 5.30. The fraction of sp³-hybridized carbons (Fsp3) is 0.375. The van der Waals surface area contributed by atoms with E-state index < -0.39 is 0 Å². The van der Waals surface area contributed by atoms with Crippen LogP contribution in [-0.4, -0.2) is 36.2 Å². The minimum absolute atomic E-state index is 0. The van der Waals surface area contributed by atoms with E-state index in [4.69, 9.17) is 4.52 Å². The molecule has 0 aliphatic carbocycles. The lowest BCUT2D eigenvalue weighted by atomic mass is 9.91. The van der Waals surface area contributed by atoms with Crippen LogP contribution in [0.3, 0.4) is 0 Å². The lowest BCUT2D eigenvalue weighted by Crippen LogP contribution is -2.40. The number of aryl methyl sites for hydroxylation is 1. The summed E-state index contributed by atoms with van der Waals surface area (Å²) in [6.07, 6.45) is 1.64. The summed E-state index contributed by atoms with van der Waals surface area (Å²) in [5.74, 6) is 2.78. The molecular weight excluding hydrogens is 501 g/mol. The lowest BCUT2D eigenvalue weighted by Gasteiger charge is -2.20. The summed E-state index contributed by atoms with van der Waals surface area (Å²) in [5, 5.41) is 10.9. The van der Waals surface area contributed by atoms with Gasteiger partial charge in [0.1, 0.15) is 0 Å². The van der Waals surface area contributed by atoms with Crippen LogP contribution in [0.2, 0.25) is 0 Å². The first kappa shape index (κ1) is 24.8. The first-order valence-corrected chi connectivity index (χ1v) is 10.5. The van der Waals surface area contributed by atoms with Crippen molar-refractivity contribution in [3.05, 3.63) is 83.5 Å². The van der Waals surface area contributed by atoms with E-state index in [1.165, 1.54) is 11.1 Å². The molecule has 0 fully saturated rings. The van der Waals surface area contributed by atoms with E-state index in [1.54, 1.807) is 7.05 Å². The molecule has 1 heterocycles. The maximum absolute atomic E-state index is 5.30. The Hall–Kier alpha value is -2.42. The second-order valence-corrected chi connectivity index (χ2v) is 7.56. The average Bonchev–Trinajstić information content (AvgIpc) is 3.26. The Morgan fingerprint density at radius 1 is 0.968 bits per heavy atom. The van der Waals surface area contributed by atoms with E-state index in [9.17, 15) is 0 Å². The number of benzene rings is 2. The van der Waals surface area contributed by atoms with E-state index in [1.807, 2.05) is 12.1 Å². The number of aromatic nitrogens is 2. The predicted molar refractivity (Wildman–Crippen MR) is 136 cm³/mol. The molecule has 0 saturated carbocycles. The second-order valence-electron chi connectivity index (χ2n) is 7.56. The van der Waals surface area contributed by atoms with Crippen LogP contribution in [0.4, 0.5) is 0 Å². The third-order valence-corrected chi connectivity index (χ3v) is 4.96. The third-order valence-electron chi connectivity index (χ3n) is 4.96. The summed E-state index contributed by atoms with van der Waals surface area (Å²) >= 11 is 0. The Morgan fingerprint density at radius 3 is 2.10 bits per heavy atom. The largest absolute Gasteiger partial charge is 0.356 e. The lowest BCUT2D eigenvalue weighted by molar-refractivity contribution is 0.368. The van der Waals surface area contributed by atoms with Gasteiger partial charge in [0.15, 0.2) is 11.8 Å². The monoisotopic (exact) mass is 533 g/mol. The van der Waals surface area contributed by atoms with E-state index in [0.29, 0.717) is 5.89 Å². The first-order chi connectivity index (χ1) is 14.7. The first-order valence-electron chi connectivity index (χ1n) is 10.5. The number of halogens is 1. The van der Waals surface area contributed by atoms with Gasteiger partial charge in [0.2, 0.25) is 5.89 Å². The number of nitrogens with one attached hydrogen (secondary N) is 2. The minimum Gasteiger partial charge on any atom is -0.356 e. The van der Waals surface area contributed by atoms with Crippen molar-refractivity contribution in [1.82, 2.24) is 20.8 Å². The van der Waals surface area contributed by atoms with Crippen molar-refractivity contribution in [2.45, 2.75) is 38.5 Å². The van der Waals surface area contributed by atoms with Crippen molar-refractivity contribution < 1.29 is 4.52 Å². The fourth-order valence-electron chi connectivity index (χ4n) is 3.27. The highest BCUT2D eigenvalue weighted by molar-refractivity contribution is 14.0. The van der Waals surface area contributed by atoms with Crippen LogP contribution in [0, 0.1) is 0 Å². The Morgan fingerprint density at radius 2 is 1.58 bits per heavy atom. The van der Waals surface area contributed by atoms with E-state index in [0.717, 1.165) is 37.7 Å². The standard InChI is InChI=1S/C24H31N5O.HI/c1-18(2)23-28-22(30-29-23)15-10-16-26-24(25-3)27-17-21(19-11-6-4-7-12-19)20-13-8-5-9-14-20;/h4-9,11-14,18,21H,10,15-17H2,1-3H3,(H2,25,26,27);1H. The molecule has 1 aromatic heterocycles. The molecule has 0 aliphatic heterocycles. The van der Waals surface area contributed by atoms with Crippen LogP contribution in [-0.2, 0) is 6.42 Å². The highest BCUT2D eigenvalue weighted by Gasteiger charge is 2.14. The number of rotatable bonds is 9. The zero-order valence-corrected chi connectivity index (χ0v) is 20.7. The van der Waals surface area contributed by atoms with Gasteiger partial charge in [0.25, 0.3) is 0 Å². The normalized spacial score (nSPS) is 11.5. The molecule has 7 heteroatoms. The van der Waals surface area contributed by atoms with Crippen molar-refractivity contribution in [1.29, 1.82) is 0 Å². The average molecular weight is 533 g/mol. The topological polar surface area (TPSA) is 75.3 Å². The second kappa shape index (κ2) is 13.1. The smallest absolute Gasteiger partial charge is 0.226 e. The zero-order valence-electron chi connectivity index (χ0n) is 18.4. The third kappa shape index (κ3) is 7.65. The molecule has 0 amide bonds. The number of guanidine groups is 1. The molecule has 6 nitrogen and oxygen atoms in total. The van der Waals surface area contributed by atoms with Gasteiger partial charge in [0, 0.05) is 38.4 Å². The van der Waals surface area contributed by atoms with Crippen molar-refractivity contribution >= 4 is 29.9 Å². The van der Waals surface area contributed by atoms with Gasteiger partial charge >= 0.3 is 0 Å². The van der Waals surface area contributed by atoms with Crippen LogP contribution < -0.4 is 10.6 Å². The molecule has 2 N–H and O–H groups in total. The van der Waals surface area contributed by atoms with Gasteiger partial charge in [-0.05, 0) is 17.5 Å². The predicted octanol–water partition coefficient (Wildman–Crippen LogP) is 4.74. The van der Waals surface area contributed by atoms with Gasteiger partial charge in [-0.3, -0.25) is 4.99 Å². The molecule has 0 radical (unpaired) electrons. The van der Waals surface area contributed by atoms with Crippen molar-refractivity contribution in [2.75, 3.05) is 20.1 Å². The number of aliphatic imine (C=N–C) groups is 1. The fourth-order valence-corrected chi connectivity index (χ4v) is 3.27. The molecule has 0 atom stereocenters. The van der Waals surface area contributed by atoms with Gasteiger partial charge in [-0.1, -0.05) is 79.7 Å². The Labute approximate surface area is 202 Å². The maximum atomic E-state index is 5.30. The van der Waals surface area contributed by atoms with Crippen molar-refractivity contribution in [3.8, 4) is 0 Å². The van der Waals surface area contributed by atoms with Crippen LogP contribution in [0.25, 0.3) is 0 Å². The Bertz CT molecular complexity index is 872. The van der Waals surface area contributed by atoms with Gasteiger partial charge in [0.05, 0.1) is 0 Å². The van der Waals surface area contributed by atoms with E-state index in [2.05, 4.69) is 88.1 Å². The van der Waals surface area contributed by atoms with Crippen molar-refractivity contribution in [2.24, 2.45) is 4.99 Å². The molecule has 0 aliphatic rings. The SMILES string of the molecule is CN=C(NCCCc1nc(C(C)C)no1)NCC(c1ccccc1)c1ccccc1.I. The molecule has 0 spiro atoms. The quantitative estimate of drug-likeness (QED) is 0.180. The molecule has 31 heavy (non-hydrogen) atoms. The van der Waals surface area contributed by atoms with Crippen molar-refractivity contribution in [3.63, 3.8) is 0 Å². The van der Waals surface area contributed by atoms with Gasteiger partial charge in [-0.15, -0.1) is 24.0 Å².